The maximum atomic E-state index is 11.5. The van der Waals surface area contributed by atoms with Crippen molar-refractivity contribution in [2.24, 2.45) is 5.92 Å². The van der Waals surface area contributed by atoms with Gasteiger partial charge in [0.1, 0.15) is 5.52 Å². The fourth-order valence-electron chi connectivity index (χ4n) is 3.33. The zero-order valence-corrected chi connectivity index (χ0v) is 15.7. The fraction of sp³-hybridized carbons (Fsp3) is 0.227. The largest absolute Gasteiger partial charge is 0.338 e. The third kappa shape index (κ3) is 3.28. The van der Waals surface area contributed by atoms with E-state index in [1.165, 1.54) is 0 Å². The number of pyridine rings is 1. The van der Waals surface area contributed by atoms with Crippen molar-refractivity contribution < 1.29 is 4.79 Å². The highest BCUT2D eigenvalue weighted by atomic mass is 16.1. The number of hydrogen-bond donors (Lipinski definition) is 1. The van der Waals surface area contributed by atoms with E-state index in [9.17, 15) is 4.79 Å². The van der Waals surface area contributed by atoms with Crippen molar-refractivity contribution >= 4 is 39.2 Å². The van der Waals surface area contributed by atoms with Gasteiger partial charge in [0.05, 0.1) is 17.4 Å². The number of imidazole rings is 1. The summed E-state index contributed by atoms with van der Waals surface area (Å²) in [7, 11) is 0. The molecule has 0 aliphatic rings. The van der Waals surface area contributed by atoms with E-state index in [-0.39, 0.29) is 5.78 Å². The molecule has 136 valence electrons. The lowest BCUT2D eigenvalue weighted by Crippen LogP contribution is -2.04. The number of nitrogens with one attached hydrogen (secondary N) is 1. The van der Waals surface area contributed by atoms with Crippen LogP contribution in [0.3, 0.4) is 0 Å². The van der Waals surface area contributed by atoms with Crippen LogP contribution in [0.15, 0.2) is 54.9 Å². The second-order valence-electron chi connectivity index (χ2n) is 7.22. The number of benzene rings is 2. The molecule has 0 aliphatic carbocycles. The van der Waals surface area contributed by atoms with Gasteiger partial charge in [-0.3, -0.25) is 4.79 Å². The maximum absolute atomic E-state index is 11.5. The fourth-order valence-corrected chi connectivity index (χ4v) is 3.33. The summed E-state index contributed by atoms with van der Waals surface area (Å²) in [5.74, 6) is 1.30. The maximum Gasteiger partial charge on any atom is 0.159 e. The van der Waals surface area contributed by atoms with E-state index in [0.717, 1.165) is 40.0 Å². The summed E-state index contributed by atoms with van der Waals surface area (Å²) in [4.78, 5) is 20.9. The van der Waals surface area contributed by atoms with E-state index >= 15 is 0 Å². The number of carbonyl (C=O) groups is 1. The summed E-state index contributed by atoms with van der Waals surface area (Å²) in [6.45, 7) is 6.87. The van der Waals surface area contributed by atoms with Crippen molar-refractivity contribution in [3.05, 3.63) is 60.4 Å². The van der Waals surface area contributed by atoms with Gasteiger partial charge < -0.3 is 9.88 Å². The average Bonchev–Trinajstić information content (AvgIpc) is 3.06. The topological polar surface area (TPSA) is 59.8 Å². The van der Waals surface area contributed by atoms with E-state index < -0.39 is 0 Å². The molecule has 0 saturated heterocycles. The van der Waals surface area contributed by atoms with Crippen molar-refractivity contribution in [3.63, 3.8) is 0 Å². The molecule has 0 unspecified atom stereocenters. The lowest BCUT2D eigenvalue weighted by atomic mass is 10.1. The highest BCUT2D eigenvalue weighted by Gasteiger charge is 2.15. The van der Waals surface area contributed by atoms with Crippen molar-refractivity contribution in [2.75, 3.05) is 5.32 Å². The molecule has 4 aromatic rings. The van der Waals surface area contributed by atoms with Crippen LogP contribution in [-0.4, -0.2) is 20.3 Å². The summed E-state index contributed by atoms with van der Waals surface area (Å²) in [5, 5.41) is 4.47. The van der Waals surface area contributed by atoms with Gasteiger partial charge in [-0.05, 0) is 43.2 Å². The Hall–Kier alpha value is -3.21. The second-order valence-corrected chi connectivity index (χ2v) is 7.22. The first kappa shape index (κ1) is 17.2. The molecule has 4 rings (SSSR count). The van der Waals surface area contributed by atoms with Gasteiger partial charge in [0.25, 0.3) is 0 Å². The van der Waals surface area contributed by atoms with Gasteiger partial charge in [-0.15, -0.1) is 0 Å². The summed E-state index contributed by atoms with van der Waals surface area (Å²) in [6.07, 6.45) is 1.89. The molecule has 2 heterocycles. The number of para-hydroxylation sites is 1. The van der Waals surface area contributed by atoms with E-state index in [2.05, 4.69) is 34.8 Å². The molecule has 5 heteroatoms. The van der Waals surface area contributed by atoms with Crippen LogP contribution >= 0.6 is 0 Å². The first-order valence-electron chi connectivity index (χ1n) is 9.14. The Labute approximate surface area is 158 Å². The first-order valence-corrected chi connectivity index (χ1v) is 9.14. The van der Waals surface area contributed by atoms with Crippen LogP contribution in [0.25, 0.3) is 21.9 Å². The molecule has 0 saturated carbocycles. The monoisotopic (exact) mass is 358 g/mol. The van der Waals surface area contributed by atoms with Gasteiger partial charge in [-0.1, -0.05) is 32.0 Å². The van der Waals surface area contributed by atoms with Crippen LogP contribution in [0.1, 0.15) is 31.1 Å². The Bertz CT molecular complexity index is 1130. The summed E-state index contributed by atoms with van der Waals surface area (Å²) < 4.78 is 2.20. The molecule has 0 fully saturated rings. The molecule has 0 aliphatic heterocycles. The Balaban J connectivity index is 1.84. The number of rotatable bonds is 5. The second kappa shape index (κ2) is 6.83. The van der Waals surface area contributed by atoms with Crippen LogP contribution in [0.2, 0.25) is 0 Å². The Morgan fingerprint density at radius 1 is 1.11 bits per heavy atom. The molecule has 2 aromatic heterocycles. The van der Waals surface area contributed by atoms with E-state index in [0.29, 0.717) is 11.5 Å². The van der Waals surface area contributed by atoms with Gasteiger partial charge in [0, 0.05) is 23.2 Å². The predicted molar refractivity (Wildman–Crippen MR) is 110 cm³/mol. The zero-order chi connectivity index (χ0) is 19.0. The predicted octanol–water partition coefficient (Wildman–Crippen LogP) is 5.19. The Kier molecular flexibility index (Phi) is 4.36. The number of hydrogen-bond acceptors (Lipinski definition) is 4. The SMILES string of the molecule is CC(=O)c1ccc(Nc2nc3ccccc3c3c2ncn3CC(C)C)cc1. The summed E-state index contributed by atoms with van der Waals surface area (Å²) >= 11 is 0. The molecule has 27 heavy (non-hydrogen) atoms. The first-order chi connectivity index (χ1) is 13.0. The standard InChI is InChI=1S/C22H22N4O/c1-14(2)12-26-13-23-20-21(26)18-6-4-5-7-19(18)25-22(20)24-17-10-8-16(9-11-17)15(3)27/h4-11,13-14H,12H2,1-3H3,(H,24,25). The van der Waals surface area contributed by atoms with Crippen molar-refractivity contribution in [1.82, 2.24) is 14.5 Å². The normalized spacial score (nSPS) is 11.4. The molecule has 0 spiro atoms. The molecule has 5 nitrogen and oxygen atoms in total. The number of anilines is 2. The lowest BCUT2D eigenvalue weighted by molar-refractivity contribution is 0.101. The quantitative estimate of drug-likeness (QED) is 0.499. The van der Waals surface area contributed by atoms with E-state index in [1.807, 2.05) is 48.8 Å². The van der Waals surface area contributed by atoms with Crippen molar-refractivity contribution in [2.45, 2.75) is 27.3 Å². The highest BCUT2D eigenvalue weighted by Crippen LogP contribution is 2.30. The number of carbonyl (C=O) groups excluding carboxylic acids is 1. The molecule has 1 N–H and O–H groups in total. The number of aromatic nitrogens is 3. The van der Waals surface area contributed by atoms with Crippen LogP contribution in [-0.2, 0) is 6.54 Å². The summed E-state index contributed by atoms with van der Waals surface area (Å²) in [6, 6.07) is 15.6. The third-order valence-electron chi connectivity index (χ3n) is 4.57. The Morgan fingerprint density at radius 2 is 1.85 bits per heavy atom. The lowest BCUT2D eigenvalue weighted by Gasteiger charge is -2.12. The van der Waals surface area contributed by atoms with Gasteiger partial charge in [-0.25, -0.2) is 9.97 Å². The van der Waals surface area contributed by atoms with E-state index in [4.69, 9.17) is 4.98 Å². The van der Waals surface area contributed by atoms with Crippen molar-refractivity contribution in [1.29, 1.82) is 0 Å². The summed E-state index contributed by atoms with van der Waals surface area (Å²) in [5.41, 5.74) is 4.45. The minimum atomic E-state index is 0.0557. The van der Waals surface area contributed by atoms with Gasteiger partial charge in [0.15, 0.2) is 11.6 Å². The smallest absolute Gasteiger partial charge is 0.159 e. The molecular weight excluding hydrogens is 336 g/mol. The van der Waals surface area contributed by atoms with Crippen LogP contribution in [0.4, 0.5) is 11.5 Å². The number of nitrogens with zero attached hydrogens (tertiary/aromatic N) is 3. The molecular formula is C22H22N4O. The molecule has 0 radical (unpaired) electrons. The Morgan fingerprint density at radius 3 is 2.56 bits per heavy atom. The minimum Gasteiger partial charge on any atom is -0.338 e. The molecule has 0 atom stereocenters. The number of Topliss-reactive ketones (excluding diaryl/α,β-unsaturated/α-hetero) is 1. The molecule has 0 amide bonds. The van der Waals surface area contributed by atoms with Gasteiger partial charge in [-0.2, -0.15) is 0 Å². The molecule has 2 aromatic carbocycles. The number of ketones is 1. The van der Waals surface area contributed by atoms with Crippen molar-refractivity contribution in [3.8, 4) is 0 Å². The van der Waals surface area contributed by atoms with Crippen LogP contribution < -0.4 is 5.32 Å². The van der Waals surface area contributed by atoms with Crippen LogP contribution in [0, 0.1) is 5.92 Å². The number of fused-ring (bicyclic) bond motifs is 3. The van der Waals surface area contributed by atoms with Crippen LogP contribution in [0.5, 0.6) is 0 Å². The van der Waals surface area contributed by atoms with E-state index in [1.54, 1.807) is 6.92 Å². The average molecular weight is 358 g/mol. The molecule has 0 bridgehead atoms. The highest BCUT2D eigenvalue weighted by molar-refractivity contribution is 6.07. The third-order valence-corrected chi connectivity index (χ3v) is 4.57. The van der Waals surface area contributed by atoms with Gasteiger partial charge in [0.2, 0.25) is 0 Å². The van der Waals surface area contributed by atoms with Gasteiger partial charge >= 0.3 is 0 Å². The minimum absolute atomic E-state index is 0.0557. The zero-order valence-electron chi connectivity index (χ0n) is 15.7.